The van der Waals surface area contributed by atoms with Crippen molar-refractivity contribution in [3.05, 3.63) is 53.1 Å². The van der Waals surface area contributed by atoms with E-state index in [1.54, 1.807) is 14.2 Å². The van der Waals surface area contributed by atoms with Crippen molar-refractivity contribution in [1.82, 2.24) is 15.1 Å². The van der Waals surface area contributed by atoms with Gasteiger partial charge in [0, 0.05) is 37.9 Å². The molecule has 8 nitrogen and oxygen atoms in total. The summed E-state index contributed by atoms with van der Waals surface area (Å²) in [7, 11) is 5.42. The van der Waals surface area contributed by atoms with Gasteiger partial charge in [-0.2, -0.15) is 0 Å². The average Bonchev–Trinajstić information content (AvgIpc) is 3.60. The molecule has 0 unspecified atom stereocenters. The number of nitrogens with one attached hydrogen (secondary N) is 2. The molecule has 0 bridgehead atoms. The van der Waals surface area contributed by atoms with Crippen molar-refractivity contribution >= 4 is 17.5 Å². The number of rotatable bonds is 10. The van der Waals surface area contributed by atoms with Gasteiger partial charge in [-0.15, -0.1) is 0 Å². The lowest BCUT2D eigenvalue weighted by Gasteiger charge is -2.36. The van der Waals surface area contributed by atoms with E-state index in [1.807, 2.05) is 24.3 Å². The van der Waals surface area contributed by atoms with E-state index in [1.165, 1.54) is 30.4 Å². The van der Waals surface area contributed by atoms with E-state index in [9.17, 15) is 9.59 Å². The van der Waals surface area contributed by atoms with E-state index in [0.29, 0.717) is 50.1 Å². The highest BCUT2D eigenvalue weighted by Crippen LogP contribution is 2.31. The van der Waals surface area contributed by atoms with E-state index < -0.39 is 0 Å². The lowest BCUT2D eigenvalue weighted by Crippen LogP contribution is -2.49. The van der Waals surface area contributed by atoms with E-state index >= 15 is 0 Å². The maximum atomic E-state index is 13.5. The molecule has 5 rings (SSSR count). The van der Waals surface area contributed by atoms with Crippen molar-refractivity contribution in [1.29, 1.82) is 0 Å². The van der Waals surface area contributed by atoms with E-state index in [0.717, 1.165) is 37.1 Å². The molecule has 0 aromatic heterocycles. The lowest BCUT2D eigenvalue weighted by atomic mass is 9.87. The van der Waals surface area contributed by atoms with Crippen molar-refractivity contribution in [2.75, 3.05) is 52.8 Å². The minimum Gasteiger partial charge on any atom is -0.493 e. The Morgan fingerprint density at radius 1 is 0.925 bits per heavy atom. The Labute approximate surface area is 238 Å². The number of nitrogens with zero attached hydrogens (tertiary/aromatic N) is 2. The Hall–Kier alpha value is -3.10. The maximum absolute atomic E-state index is 13.5. The largest absolute Gasteiger partial charge is 0.493 e. The van der Waals surface area contributed by atoms with Crippen LogP contribution in [0.1, 0.15) is 48.8 Å². The minimum atomic E-state index is -0.279. The zero-order chi connectivity index (χ0) is 28.1. The summed E-state index contributed by atoms with van der Waals surface area (Å²) in [4.78, 5) is 31.5. The van der Waals surface area contributed by atoms with E-state index in [2.05, 4.69) is 39.6 Å². The van der Waals surface area contributed by atoms with Gasteiger partial charge >= 0.3 is 0 Å². The first-order valence-corrected chi connectivity index (χ1v) is 14.8. The number of hydrogen-bond donors (Lipinski definition) is 2. The molecule has 2 N–H and O–H groups in total. The fourth-order valence-electron chi connectivity index (χ4n) is 6.68. The highest BCUT2D eigenvalue weighted by molar-refractivity contribution is 5.93. The molecule has 0 saturated carbocycles. The predicted octanol–water partition coefficient (Wildman–Crippen LogP) is 3.87. The number of likely N-dealkylation sites (tertiary alicyclic amines) is 2. The molecule has 40 heavy (non-hydrogen) atoms. The molecule has 3 atom stereocenters. The molecule has 0 spiro atoms. The van der Waals surface area contributed by atoms with Crippen molar-refractivity contribution < 1.29 is 19.1 Å². The standard InChI is InChI=1S/C32H44N4O4/c1-35-15-5-8-28(35)13-14-33-31(37)25-17-26(32(38)34-27-11-10-23-6-4-7-24(23)18-27)21-36(20-25)19-22-9-12-29(39-2)30(16-22)40-3/h9-12,16,18,25-26,28H,4-8,13-15,17,19-21H2,1-3H3,(H,33,37)(H,34,38)/t25-,26+,28-/m0/s1. The smallest absolute Gasteiger partial charge is 0.228 e. The Balaban J connectivity index is 1.26. The molecule has 3 aliphatic rings. The van der Waals surface area contributed by atoms with E-state index in [-0.39, 0.29) is 23.7 Å². The van der Waals surface area contributed by atoms with Crippen molar-refractivity contribution in [3.63, 3.8) is 0 Å². The third-order valence-electron chi connectivity index (χ3n) is 8.94. The van der Waals surface area contributed by atoms with Crippen LogP contribution in [0.15, 0.2) is 36.4 Å². The molecule has 0 radical (unpaired) electrons. The van der Waals surface area contributed by atoms with Gasteiger partial charge in [-0.3, -0.25) is 14.5 Å². The number of piperidine rings is 1. The molecule has 2 fully saturated rings. The average molecular weight is 549 g/mol. The molecule has 2 aromatic rings. The summed E-state index contributed by atoms with van der Waals surface area (Å²) in [5, 5.41) is 6.36. The van der Waals surface area contributed by atoms with Gasteiger partial charge in [0.05, 0.1) is 26.1 Å². The van der Waals surface area contributed by atoms with Crippen LogP contribution in [0.25, 0.3) is 0 Å². The predicted molar refractivity (Wildman–Crippen MR) is 157 cm³/mol. The van der Waals surface area contributed by atoms with Gasteiger partial charge in [0.1, 0.15) is 0 Å². The first-order chi connectivity index (χ1) is 19.4. The number of anilines is 1. The number of aryl methyl sites for hydroxylation is 2. The summed E-state index contributed by atoms with van der Waals surface area (Å²) < 4.78 is 10.9. The number of hydrogen-bond acceptors (Lipinski definition) is 6. The van der Waals surface area contributed by atoms with Crippen molar-refractivity contribution in [2.45, 2.75) is 57.5 Å². The highest BCUT2D eigenvalue weighted by Gasteiger charge is 2.35. The molecular formula is C32H44N4O4. The highest BCUT2D eigenvalue weighted by atomic mass is 16.5. The van der Waals surface area contributed by atoms with Gasteiger partial charge in [0.25, 0.3) is 0 Å². The summed E-state index contributed by atoms with van der Waals surface area (Å²) in [5.41, 5.74) is 4.63. The zero-order valence-corrected chi connectivity index (χ0v) is 24.2. The second-order valence-corrected chi connectivity index (χ2v) is 11.7. The normalized spacial score (nSPS) is 23.0. The number of benzene rings is 2. The quantitative estimate of drug-likeness (QED) is 0.469. The zero-order valence-electron chi connectivity index (χ0n) is 24.2. The van der Waals surface area contributed by atoms with Crippen molar-refractivity contribution in [2.24, 2.45) is 11.8 Å². The third kappa shape index (κ3) is 6.78. The second-order valence-electron chi connectivity index (χ2n) is 11.7. The maximum Gasteiger partial charge on any atom is 0.228 e. The van der Waals surface area contributed by atoms with Crippen LogP contribution in [0.5, 0.6) is 11.5 Å². The Morgan fingerprint density at radius 3 is 2.45 bits per heavy atom. The van der Waals surface area contributed by atoms with Gasteiger partial charge in [-0.25, -0.2) is 0 Å². The van der Waals surface area contributed by atoms with Crippen LogP contribution in [0.4, 0.5) is 5.69 Å². The molecule has 8 heteroatoms. The molecule has 2 heterocycles. The molecule has 2 aromatic carbocycles. The van der Waals surface area contributed by atoms with Crippen LogP contribution in [-0.2, 0) is 29.0 Å². The topological polar surface area (TPSA) is 83.1 Å². The minimum absolute atomic E-state index is 0.0136. The molecule has 2 aliphatic heterocycles. The lowest BCUT2D eigenvalue weighted by molar-refractivity contribution is -0.130. The van der Waals surface area contributed by atoms with Crippen LogP contribution in [-0.4, -0.2) is 75.1 Å². The van der Waals surface area contributed by atoms with Crippen LogP contribution < -0.4 is 20.1 Å². The van der Waals surface area contributed by atoms with Crippen molar-refractivity contribution in [3.8, 4) is 11.5 Å². The fourth-order valence-corrected chi connectivity index (χ4v) is 6.68. The number of fused-ring (bicyclic) bond motifs is 1. The summed E-state index contributed by atoms with van der Waals surface area (Å²) in [6, 6.07) is 12.7. The number of methoxy groups -OCH3 is 2. The van der Waals surface area contributed by atoms with Gasteiger partial charge in [-0.05, 0) is 99.5 Å². The Morgan fingerprint density at radius 2 is 1.70 bits per heavy atom. The summed E-state index contributed by atoms with van der Waals surface area (Å²) in [5.74, 6) is 0.869. The second kappa shape index (κ2) is 13.0. The molecule has 1 aliphatic carbocycles. The van der Waals surface area contributed by atoms with Gasteiger partial charge in [0.15, 0.2) is 11.5 Å². The van der Waals surface area contributed by atoms with Gasteiger partial charge in [-0.1, -0.05) is 12.1 Å². The number of carbonyl (C=O) groups is 2. The van der Waals surface area contributed by atoms with Gasteiger partial charge in [0.2, 0.25) is 11.8 Å². The van der Waals surface area contributed by atoms with Crippen LogP contribution >= 0.6 is 0 Å². The Bertz CT molecular complexity index is 1200. The van der Waals surface area contributed by atoms with Crippen LogP contribution in [0.3, 0.4) is 0 Å². The van der Waals surface area contributed by atoms with Crippen LogP contribution in [0.2, 0.25) is 0 Å². The SMILES string of the molecule is COc1ccc(CN2C[C@@H](C(=O)NCC[C@@H]3CCCN3C)C[C@@H](C(=O)Nc3ccc4c(c3)CCC4)C2)cc1OC. The monoisotopic (exact) mass is 548 g/mol. The summed E-state index contributed by atoms with van der Waals surface area (Å²) in [6.07, 6.45) is 7.30. The first-order valence-electron chi connectivity index (χ1n) is 14.8. The summed E-state index contributed by atoms with van der Waals surface area (Å²) in [6.45, 7) is 3.65. The number of amides is 2. The number of carbonyl (C=O) groups excluding carboxylic acids is 2. The first kappa shape index (κ1) is 28.4. The third-order valence-corrected chi connectivity index (χ3v) is 8.94. The fraction of sp³-hybridized carbons (Fsp3) is 0.562. The summed E-state index contributed by atoms with van der Waals surface area (Å²) >= 11 is 0. The van der Waals surface area contributed by atoms with Gasteiger partial charge < -0.3 is 25.0 Å². The molecule has 216 valence electrons. The molecule has 2 amide bonds. The van der Waals surface area contributed by atoms with Crippen LogP contribution in [0, 0.1) is 11.8 Å². The number of ether oxygens (including phenoxy) is 2. The molecular weight excluding hydrogens is 504 g/mol. The molecule has 2 saturated heterocycles. The van der Waals surface area contributed by atoms with E-state index in [4.69, 9.17) is 9.47 Å². The Kier molecular flexibility index (Phi) is 9.27.